The average molecular weight is 344 g/mol. The van der Waals surface area contributed by atoms with E-state index in [9.17, 15) is 9.59 Å². The second-order valence-corrected chi connectivity index (χ2v) is 6.22. The summed E-state index contributed by atoms with van der Waals surface area (Å²) in [4.78, 5) is 25.8. The van der Waals surface area contributed by atoms with Gasteiger partial charge in [-0.2, -0.15) is 0 Å². The van der Waals surface area contributed by atoms with E-state index in [1.54, 1.807) is 11.0 Å². The van der Waals surface area contributed by atoms with E-state index in [0.29, 0.717) is 17.8 Å². The minimum absolute atomic E-state index is 0.417. The number of hydrogen-bond acceptors (Lipinski definition) is 2. The van der Waals surface area contributed by atoms with Crippen molar-refractivity contribution in [1.82, 2.24) is 0 Å². The van der Waals surface area contributed by atoms with Crippen LogP contribution < -0.4 is 4.90 Å². The molecule has 1 aliphatic rings. The number of ketones is 1. The number of amides is 1. The lowest BCUT2D eigenvalue weighted by atomic mass is 10.1. The van der Waals surface area contributed by atoms with Crippen molar-refractivity contribution < 1.29 is 9.59 Å². The van der Waals surface area contributed by atoms with Crippen molar-refractivity contribution in [3.05, 3.63) is 63.1 Å². The molecule has 0 aliphatic carbocycles. The van der Waals surface area contributed by atoms with Crippen LogP contribution in [0.25, 0.3) is 0 Å². The Morgan fingerprint density at radius 2 is 1.76 bits per heavy atom. The van der Waals surface area contributed by atoms with E-state index < -0.39 is 11.7 Å². The van der Waals surface area contributed by atoms with E-state index in [4.69, 9.17) is 0 Å². The van der Waals surface area contributed by atoms with Crippen molar-refractivity contribution in [1.29, 1.82) is 0 Å². The molecule has 0 saturated heterocycles. The summed E-state index contributed by atoms with van der Waals surface area (Å²) in [6.45, 7) is 4.51. The number of anilines is 1. The summed E-state index contributed by atoms with van der Waals surface area (Å²) in [5.41, 5.74) is 4.58. The number of halogens is 1. The fourth-order valence-corrected chi connectivity index (χ4v) is 2.88. The minimum Gasteiger partial charge on any atom is -0.300 e. The number of fused-ring (bicyclic) bond motifs is 1. The SMILES string of the molecule is Cc1ccc(CN2C(=O)C(=O)c3cc(Br)ccc32)cc1C. The van der Waals surface area contributed by atoms with E-state index >= 15 is 0 Å². The molecule has 0 bridgehead atoms. The highest BCUT2D eigenvalue weighted by Gasteiger charge is 2.35. The van der Waals surface area contributed by atoms with Crippen LogP contribution in [0.5, 0.6) is 0 Å². The molecule has 0 unspecified atom stereocenters. The number of benzene rings is 2. The first-order chi connectivity index (χ1) is 9.97. The Kier molecular flexibility index (Phi) is 3.41. The predicted octanol–water partition coefficient (Wildman–Crippen LogP) is 3.80. The van der Waals surface area contributed by atoms with Gasteiger partial charge in [-0.15, -0.1) is 0 Å². The van der Waals surface area contributed by atoms with Gasteiger partial charge in [0.25, 0.3) is 11.7 Å². The number of nitrogens with zero attached hydrogens (tertiary/aromatic N) is 1. The summed E-state index contributed by atoms with van der Waals surface area (Å²) in [6.07, 6.45) is 0. The van der Waals surface area contributed by atoms with Gasteiger partial charge < -0.3 is 4.90 Å². The molecule has 1 heterocycles. The van der Waals surface area contributed by atoms with Crippen molar-refractivity contribution in [2.24, 2.45) is 0 Å². The summed E-state index contributed by atoms with van der Waals surface area (Å²) in [5, 5.41) is 0. The van der Waals surface area contributed by atoms with Crippen LogP contribution in [-0.4, -0.2) is 11.7 Å². The van der Waals surface area contributed by atoms with E-state index in [1.165, 1.54) is 11.1 Å². The first kappa shape index (κ1) is 14.0. The normalized spacial score (nSPS) is 13.8. The number of aryl methyl sites for hydroxylation is 2. The lowest BCUT2D eigenvalue weighted by Crippen LogP contribution is -2.29. The van der Waals surface area contributed by atoms with Gasteiger partial charge in [0.2, 0.25) is 0 Å². The Balaban J connectivity index is 1.98. The average Bonchev–Trinajstić information content (AvgIpc) is 2.68. The maximum absolute atomic E-state index is 12.2. The van der Waals surface area contributed by atoms with Crippen molar-refractivity contribution >= 4 is 33.3 Å². The Labute approximate surface area is 131 Å². The first-order valence-electron chi connectivity index (χ1n) is 6.69. The second kappa shape index (κ2) is 5.11. The van der Waals surface area contributed by atoms with Gasteiger partial charge in [0.05, 0.1) is 17.8 Å². The van der Waals surface area contributed by atoms with E-state index in [-0.39, 0.29) is 0 Å². The van der Waals surface area contributed by atoms with Gasteiger partial charge in [-0.05, 0) is 48.7 Å². The number of Topliss-reactive ketones (excluding diaryl/α,β-unsaturated/α-hetero) is 1. The predicted molar refractivity (Wildman–Crippen MR) is 85.6 cm³/mol. The number of carbonyl (C=O) groups is 2. The van der Waals surface area contributed by atoms with Crippen LogP contribution in [0.15, 0.2) is 40.9 Å². The molecule has 3 rings (SSSR count). The molecule has 0 atom stereocenters. The maximum Gasteiger partial charge on any atom is 0.299 e. The topological polar surface area (TPSA) is 37.4 Å². The highest BCUT2D eigenvalue weighted by atomic mass is 79.9. The van der Waals surface area contributed by atoms with Crippen molar-refractivity contribution in [2.75, 3.05) is 4.90 Å². The van der Waals surface area contributed by atoms with Gasteiger partial charge in [-0.25, -0.2) is 0 Å². The quantitative estimate of drug-likeness (QED) is 0.778. The van der Waals surface area contributed by atoms with Crippen LogP contribution in [0, 0.1) is 13.8 Å². The van der Waals surface area contributed by atoms with Crippen molar-refractivity contribution in [3.63, 3.8) is 0 Å². The number of carbonyl (C=O) groups excluding carboxylic acids is 2. The van der Waals surface area contributed by atoms with Crippen molar-refractivity contribution in [2.45, 2.75) is 20.4 Å². The van der Waals surface area contributed by atoms with Gasteiger partial charge in [0, 0.05) is 4.47 Å². The molecule has 0 spiro atoms. The smallest absolute Gasteiger partial charge is 0.299 e. The number of hydrogen-bond donors (Lipinski definition) is 0. The molecule has 4 heteroatoms. The Morgan fingerprint density at radius 3 is 2.48 bits per heavy atom. The van der Waals surface area contributed by atoms with Crippen LogP contribution in [0.4, 0.5) is 5.69 Å². The summed E-state index contributed by atoms with van der Waals surface area (Å²) >= 11 is 3.33. The molecule has 2 aromatic carbocycles. The van der Waals surface area contributed by atoms with Crippen LogP contribution >= 0.6 is 15.9 Å². The third kappa shape index (κ3) is 2.40. The number of rotatable bonds is 2. The maximum atomic E-state index is 12.2. The Bertz CT molecular complexity index is 767. The second-order valence-electron chi connectivity index (χ2n) is 5.30. The molecule has 2 aromatic rings. The molecule has 1 aliphatic heterocycles. The molecule has 21 heavy (non-hydrogen) atoms. The standard InChI is InChI=1S/C17H14BrNO2/c1-10-3-4-12(7-11(10)2)9-19-15-6-5-13(18)8-14(15)16(20)17(19)21/h3-8H,9H2,1-2H3. The molecule has 3 nitrogen and oxygen atoms in total. The Morgan fingerprint density at radius 1 is 1.00 bits per heavy atom. The lowest BCUT2D eigenvalue weighted by Gasteiger charge is -2.17. The van der Waals surface area contributed by atoms with E-state index in [2.05, 4.69) is 28.9 Å². The third-order valence-electron chi connectivity index (χ3n) is 3.85. The fourth-order valence-electron chi connectivity index (χ4n) is 2.51. The van der Waals surface area contributed by atoms with Gasteiger partial charge >= 0.3 is 0 Å². The van der Waals surface area contributed by atoms with Crippen molar-refractivity contribution in [3.8, 4) is 0 Å². The molecule has 0 fully saturated rings. The minimum atomic E-state index is -0.457. The van der Waals surface area contributed by atoms with Crippen LogP contribution in [0.2, 0.25) is 0 Å². The summed E-state index contributed by atoms with van der Waals surface area (Å²) < 4.78 is 0.801. The molecular weight excluding hydrogens is 330 g/mol. The Hall–Kier alpha value is -1.94. The molecule has 0 N–H and O–H groups in total. The highest BCUT2D eigenvalue weighted by molar-refractivity contribution is 9.10. The molecule has 0 aromatic heterocycles. The molecule has 1 amide bonds. The fraction of sp³-hybridized carbons (Fsp3) is 0.176. The summed E-state index contributed by atoms with van der Waals surface area (Å²) in [6, 6.07) is 11.5. The highest BCUT2D eigenvalue weighted by Crippen LogP contribution is 2.32. The van der Waals surface area contributed by atoms with Crippen LogP contribution in [-0.2, 0) is 11.3 Å². The zero-order valence-corrected chi connectivity index (χ0v) is 13.4. The third-order valence-corrected chi connectivity index (χ3v) is 4.34. The summed E-state index contributed by atoms with van der Waals surface area (Å²) in [7, 11) is 0. The van der Waals surface area contributed by atoms with Gasteiger partial charge in [-0.1, -0.05) is 34.1 Å². The summed E-state index contributed by atoms with van der Waals surface area (Å²) in [5.74, 6) is -0.892. The molecule has 0 saturated carbocycles. The van der Waals surface area contributed by atoms with Gasteiger partial charge in [0.15, 0.2) is 0 Å². The van der Waals surface area contributed by atoms with E-state index in [1.807, 2.05) is 31.2 Å². The van der Waals surface area contributed by atoms with Gasteiger partial charge in [-0.3, -0.25) is 9.59 Å². The van der Waals surface area contributed by atoms with Crippen LogP contribution in [0.1, 0.15) is 27.0 Å². The monoisotopic (exact) mass is 343 g/mol. The largest absolute Gasteiger partial charge is 0.300 e. The molecule has 106 valence electrons. The molecular formula is C17H14BrNO2. The zero-order valence-electron chi connectivity index (χ0n) is 11.8. The lowest BCUT2D eigenvalue weighted by molar-refractivity contribution is -0.114. The zero-order chi connectivity index (χ0) is 15.1. The first-order valence-corrected chi connectivity index (χ1v) is 7.48. The van der Waals surface area contributed by atoms with Gasteiger partial charge in [0.1, 0.15) is 0 Å². The van der Waals surface area contributed by atoms with Crippen LogP contribution in [0.3, 0.4) is 0 Å². The van der Waals surface area contributed by atoms with E-state index in [0.717, 1.165) is 10.0 Å². The molecule has 0 radical (unpaired) electrons.